The van der Waals surface area contributed by atoms with Gasteiger partial charge in [0.15, 0.2) is 5.96 Å². The van der Waals surface area contributed by atoms with E-state index < -0.39 is 0 Å². The van der Waals surface area contributed by atoms with Gasteiger partial charge in [-0.3, -0.25) is 4.99 Å². The average Bonchev–Trinajstić information content (AvgIpc) is 2.60. The number of nitrogens with zero attached hydrogens (tertiary/aromatic N) is 1. The third kappa shape index (κ3) is 8.06. The zero-order valence-corrected chi connectivity index (χ0v) is 16.4. The van der Waals surface area contributed by atoms with Crippen molar-refractivity contribution in [3.8, 4) is 11.5 Å². The molecule has 2 aromatic rings. The molecule has 0 aliphatic rings. The summed E-state index contributed by atoms with van der Waals surface area (Å²) in [5, 5.41) is 3.02. The van der Waals surface area contributed by atoms with Crippen LogP contribution in [0.4, 0.5) is 10.1 Å². The van der Waals surface area contributed by atoms with Crippen molar-refractivity contribution in [1.29, 1.82) is 0 Å². The molecule has 0 fully saturated rings. The molecule has 2 aromatic carbocycles. The highest BCUT2D eigenvalue weighted by Gasteiger charge is 1.97. The third-order valence-electron chi connectivity index (χ3n) is 3.28. The zero-order valence-electron chi connectivity index (χ0n) is 14.1. The van der Waals surface area contributed by atoms with Crippen molar-refractivity contribution in [3.05, 3.63) is 54.3 Å². The molecule has 0 unspecified atom stereocenters. The highest BCUT2D eigenvalue weighted by atomic mass is 127. The second-order valence-corrected chi connectivity index (χ2v) is 5.13. The van der Waals surface area contributed by atoms with Crippen LogP contribution in [0.1, 0.15) is 12.8 Å². The zero-order chi connectivity index (χ0) is 17.2. The largest absolute Gasteiger partial charge is 0.497 e. The molecule has 3 N–H and O–H groups in total. The molecule has 0 amide bonds. The normalized spacial score (nSPS) is 10.7. The lowest BCUT2D eigenvalue weighted by atomic mass is 10.3. The number of unbranched alkanes of at least 4 members (excludes halogenated alkanes) is 1. The summed E-state index contributed by atoms with van der Waals surface area (Å²) in [5.41, 5.74) is 6.70. The van der Waals surface area contributed by atoms with E-state index in [1.165, 1.54) is 12.1 Å². The number of halogens is 2. The molecule has 2 rings (SSSR count). The fourth-order valence-corrected chi connectivity index (χ4v) is 2.00. The molecular formula is C18H23FIN3O2. The average molecular weight is 459 g/mol. The molecule has 0 radical (unpaired) electrons. The lowest BCUT2D eigenvalue weighted by Crippen LogP contribution is -2.22. The van der Waals surface area contributed by atoms with E-state index in [4.69, 9.17) is 15.2 Å². The Morgan fingerprint density at radius 2 is 1.68 bits per heavy atom. The van der Waals surface area contributed by atoms with E-state index in [1.54, 1.807) is 19.2 Å². The fraction of sp³-hybridized carbons (Fsp3) is 0.278. The van der Waals surface area contributed by atoms with Crippen molar-refractivity contribution in [2.45, 2.75) is 12.8 Å². The molecular weight excluding hydrogens is 436 g/mol. The highest BCUT2D eigenvalue weighted by molar-refractivity contribution is 14.0. The SMILES string of the molecule is COc1ccc(NC(N)=NCCCCOc2ccc(F)cc2)cc1.I. The van der Waals surface area contributed by atoms with Gasteiger partial charge in [0.1, 0.15) is 17.3 Å². The summed E-state index contributed by atoms with van der Waals surface area (Å²) in [6.45, 7) is 1.18. The van der Waals surface area contributed by atoms with Gasteiger partial charge in [-0.1, -0.05) is 0 Å². The van der Waals surface area contributed by atoms with E-state index in [0.29, 0.717) is 24.9 Å². The van der Waals surface area contributed by atoms with Crippen LogP contribution in [-0.2, 0) is 0 Å². The lowest BCUT2D eigenvalue weighted by Gasteiger charge is -2.07. The topological polar surface area (TPSA) is 68.9 Å². The monoisotopic (exact) mass is 459 g/mol. The first-order chi connectivity index (χ1) is 11.7. The minimum Gasteiger partial charge on any atom is -0.497 e. The summed E-state index contributed by atoms with van der Waals surface area (Å²) >= 11 is 0. The Hall–Kier alpha value is -2.03. The van der Waals surface area contributed by atoms with Crippen LogP contribution in [0.2, 0.25) is 0 Å². The molecule has 0 aliphatic carbocycles. The number of hydrogen-bond donors (Lipinski definition) is 2. The Kier molecular flexibility index (Phi) is 9.68. The number of nitrogens with one attached hydrogen (secondary N) is 1. The first kappa shape index (κ1) is 21.0. The van der Waals surface area contributed by atoms with Crippen LogP contribution in [0.5, 0.6) is 11.5 Å². The molecule has 0 bridgehead atoms. The Balaban J connectivity index is 0.00000312. The van der Waals surface area contributed by atoms with Crippen molar-refractivity contribution in [2.24, 2.45) is 10.7 Å². The Bertz CT molecular complexity index is 648. The Morgan fingerprint density at radius 3 is 2.32 bits per heavy atom. The molecule has 0 saturated carbocycles. The first-order valence-electron chi connectivity index (χ1n) is 7.77. The van der Waals surface area contributed by atoms with Crippen LogP contribution in [0.25, 0.3) is 0 Å². The van der Waals surface area contributed by atoms with Gasteiger partial charge in [0.05, 0.1) is 13.7 Å². The van der Waals surface area contributed by atoms with Crippen molar-refractivity contribution in [1.82, 2.24) is 0 Å². The van der Waals surface area contributed by atoms with E-state index in [1.807, 2.05) is 24.3 Å². The van der Waals surface area contributed by atoms with E-state index in [2.05, 4.69) is 10.3 Å². The molecule has 0 spiro atoms. The van der Waals surface area contributed by atoms with E-state index >= 15 is 0 Å². The van der Waals surface area contributed by atoms with Gasteiger partial charge < -0.3 is 20.5 Å². The maximum atomic E-state index is 12.8. The number of methoxy groups -OCH3 is 1. The van der Waals surface area contributed by atoms with Gasteiger partial charge in [-0.2, -0.15) is 0 Å². The number of hydrogen-bond acceptors (Lipinski definition) is 3. The molecule has 0 atom stereocenters. The Morgan fingerprint density at radius 1 is 1.04 bits per heavy atom. The van der Waals surface area contributed by atoms with Crippen LogP contribution in [0.3, 0.4) is 0 Å². The third-order valence-corrected chi connectivity index (χ3v) is 3.28. The summed E-state index contributed by atoms with van der Waals surface area (Å²) in [5.74, 6) is 1.56. The van der Waals surface area contributed by atoms with Gasteiger partial charge in [0.2, 0.25) is 0 Å². The number of benzene rings is 2. The van der Waals surface area contributed by atoms with Crippen molar-refractivity contribution in [2.75, 3.05) is 25.6 Å². The standard InChI is InChI=1S/C18H22FN3O2.HI/c1-23-16-10-6-15(7-11-16)22-18(20)21-12-2-3-13-24-17-8-4-14(19)5-9-17;/h4-11H,2-3,12-13H2,1H3,(H3,20,21,22);1H. The fourth-order valence-electron chi connectivity index (χ4n) is 2.00. The van der Waals surface area contributed by atoms with Crippen LogP contribution < -0.4 is 20.5 Å². The molecule has 0 saturated heterocycles. The molecule has 25 heavy (non-hydrogen) atoms. The van der Waals surface area contributed by atoms with E-state index in [9.17, 15) is 4.39 Å². The van der Waals surface area contributed by atoms with Gasteiger partial charge in [0, 0.05) is 12.2 Å². The number of anilines is 1. The van der Waals surface area contributed by atoms with Gasteiger partial charge in [-0.25, -0.2) is 4.39 Å². The highest BCUT2D eigenvalue weighted by Crippen LogP contribution is 2.14. The quantitative estimate of drug-likeness (QED) is 0.271. The second-order valence-electron chi connectivity index (χ2n) is 5.13. The van der Waals surface area contributed by atoms with Gasteiger partial charge in [0.25, 0.3) is 0 Å². The summed E-state index contributed by atoms with van der Waals surface area (Å²) in [6.07, 6.45) is 1.70. The molecule has 0 aliphatic heterocycles. The molecule has 0 aromatic heterocycles. The molecule has 136 valence electrons. The lowest BCUT2D eigenvalue weighted by molar-refractivity contribution is 0.307. The van der Waals surface area contributed by atoms with Crippen molar-refractivity contribution < 1.29 is 13.9 Å². The number of ether oxygens (including phenoxy) is 2. The van der Waals surface area contributed by atoms with Crippen LogP contribution in [0.15, 0.2) is 53.5 Å². The molecule has 7 heteroatoms. The number of rotatable bonds is 8. The van der Waals surface area contributed by atoms with Crippen LogP contribution >= 0.6 is 24.0 Å². The summed E-state index contributed by atoms with van der Waals surface area (Å²) in [6, 6.07) is 13.4. The summed E-state index contributed by atoms with van der Waals surface area (Å²) in [4.78, 5) is 4.27. The number of guanidine groups is 1. The maximum absolute atomic E-state index is 12.8. The minimum absolute atomic E-state index is 0. The second kappa shape index (κ2) is 11.5. The summed E-state index contributed by atoms with van der Waals surface area (Å²) in [7, 11) is 1.62. The number of nitrogens with two attached hydrogens (primary N) is 1. The van der Waals surface area contributed by atoms with Crippen LogP contribution in [0, 0.1) is 5.82 Å². The predicted octanol–water partition coefficient (Wildman–Crippen LogP) is 4.04. The first-order valence-corrected chi connectivity index (χ1v) is 7.77. The van der Waals surface area contributed by atoms with E-state index in [-0.39, 0.29) is 29.8 Å². The minimum atomic E-state index is -0.267. The predicted molar refractivity (Wildman–Crippen MR) is 110 cm³/mol. The van der Waals surface area contributed by atoms with Crippen molar-refractivity contribution >= 4 is 35.6 Å². The van der Waals surface area contributed by atoms with Crippen LogP contribution in [-0.4, -0.2) is 26.2 Å². The Labute approximate surface area is 164 Å². The van der Waals surface area contributed by atoms with Crippen molar-refractivity contribution in [3.63, 3.8) is 0 Å². The van der Waals surface area contributed by atoms with Gasteiger partial charge >= 0.3 is 0 Å². The maximum Gasteiger partial charge on any atom is 0.193 e. The smallest absolute Gasteiger partial charge is 0.193 e. The van der Waals surface area contributed by atoms with E-state index in [0.717, 1.165) is 24.3 Å². The number of aliphatic imine (C=N–C) groups is 1. The molecule has 0 heterocycles. The van der Waals surface area contributed by atoms with Gasteiger partial charge in [-0.15, -0.1) is 24.0 Å². The summed E-state index contributed by atoms with van der Waals surface area (Å²) < 4.78 is 23.4. The van der Waals surface area contributed by atoms with Gasteiger partial charge in [-0.05, 0) is 61.4 Å². The molecule has 5 nitrogen and oxygen atoms in total.